The smallest absolute Gasteiger partial charge is 0.350 e. The second-order valence-corrected chi connectivity index (χ2v) is 6.96. The van der Waals surface area contributed by atoms with E-state index in [1.165, 1.54) is 18.6 Å². The molecule has 2 aromatic carbocycles. The summed E-state index contributed by atoms with van der Waals surface area (Å²) in [6.45, 7) is 1.61. The number of benzene rings is 2. The minimum absolute atomic E-state index is 0.112. The Kier molecular flexibility index (Phi) is 5.85. The van der Waals surface area contributed by atoms with E-state index in [4.69, 9.17) is 0 Å². The second-order valence-electron chi connectivity index (χ2n) is 6.96. The van der Waals surface area contributed by atoms with Gasteiger partial charge in [0.2, 0.25) is 0 Å². The molecule has 1 aliphatic heterocycles. The maximum atomic E-state index is 13.2. The molecule has 0 spiro atoms. The topological polar surface area (TPSA) is 32.3 Å². The molecule has 2 aromatic rings. The van der Waals surface area contributed by atoms with Gasteiger partial charge in [-0.1, -0.05) is 36.8 Å². The minimum Gasteiger partial charge on any atom is -0.350 e. The highest BCUT2D eigenvalue weighted by Crippen LogP contribution is 2.36. The molecule has 3 rings (SSSR count). The van der Waals surface area contributed by atoms with Gasteiger partial charge in [-0.2, -0.15) is 13.2 Å². The summed E-state index contributed by atoms with van der Waals surface area (Å²) in [5, 5.41) is 2.93. The van der Waals surface area contributed by atoms with Crippen molar-refractivity contribution < 1.29 is 18.0 Å². The zero-order valence-electron chi connectivity index (χ0n) is 15.2. The number of alkyl halides is 3. The maximum absolute atomic E-state index is 13.2. The molecule has 0 aromatic heterocycles. The number of nitrogens with zero attached hydrogens (tertiary/aromatic N) is 1. The van der Waals surface area contributed by atoms with E-state index in [1.807, 2.05) is 0 Å². The maximum Gasteiger partial charge on any atom is 0.417 e. The van der Waals surface area contributed by atoms with Gasteiger partial charge in [0.05, 0.1) is 5.56 Å². The molecule has 144 valence electrons. The van der Waals surface area contributed by atoms with Crippen LogP contribution in [0.4, 0.5) is 13.2 Å². The number of nitrogens with one attached hydrogen (secondary N) is 1. The molecule has 6 heteroatoms. The Morgan fingerprint density at radius 1 is 1.11 bits per heavy atom. The number of rotatable bonds is 4. The largest absolute Gasteiger partial charge is 0.417 e. The van der Waals surface area contributed by atoms with E-state index in [1.54, 1.807) is 30.3 Å². The molecule has 0 saturated carbocycles. The van der Waals surface area contributed by atoms with Gasteiger partial charge >= 0.3 is 6.18 Å². The molecule has 1 unspecified atom stereocenters. The molecular weight excluding hydrogens is 353 g/mol. The van der Waals surface area contributed by atoms with Crippen molar-refractivity contribution in [2.45, 2.75) is 31.5 Å². The molecule has 1 saturated heterocycles. The summed E-state index contributed by atoms with van der Waals surface area (Å²) < 4.78 is 39.5. The Morgan fingerprint density at radius 3 is 2.48 bits per heavy atom. The van der Waals surface area contributed by atoms with Gasteiger partial charge in [-0.15, -0.1) is 0 Å². The van der Waals surface area contributed by atoms with Crippen LogP contribution in [-0.4, -0.2) is 37.0 Å². The van der Waals surface area contributed by atoms with Crippen LogP contribution in [-0.2, 0) is 6.18 Å². The number of hydrogen-bond acceptors (Lipinski definition) is 2. The Morgan fingerprint density at radius 2 is 1.81 bits per heavy atom. The van der Waals surface area contributed by atoms with E-state index < -0.39 is 11.7 Å². The minimum atomic E-state index is -4.42. The number of hydrogen-bond donors (Lipinski definition) is 1. The third-order valence-electron chi connectivity index (χ3n) is 5.11. The van der Waals surface area contributed by atoms with Gasteiger partial charge in [-0.05, 0) is 55.8 Å². The summed E-state index contributed by atoms with van der Waals surface area (Å²) in [7, 11) is 2.06. The average Bonchev–Trinajstić information content (AvgIpc) is 2.66. The van der Waals surface area contributed by atoms with Crippen LogP contribution >= 0.6 is 0 Å². The van der Waals surface area contributed by atoms with Gasteiger partial charge in [0.1, 0.15) is 0 Å². The number of carbonyl (C=O) groups is 1. The van der Waals surface area contributed by atoms with Crippen molar-refractivity contribution in [1.29, 1.82) is 0 Å². The molecule has 1 heterocycles. The van der Waals surface area contributed by atoms with Crippen LogP contribution in [0.3, 0.4) is 0 Å². The number of piperidine rings is 1. The Labute approximate surface area is 157 Å². The van der Waals surface area contributed by atoms with Gasteiger partial charge in [0.15, 0.2) is 0 Å². The van der Waals surface area contributed by atoms with Gasteiger partial charge in [-0.25, -0.2) is 0 Å². The lowest BCUT2D eigenvalue weighted by atomic mass is 9.98. The zero-order valence-corrected chi connectivity index (χ0v) is 15.2. The number of likely N-dealkylation sites (tertiary alicyclic amines) is 1. The van der Waals surface area contributed by atoms with Crippen molar-refractivity contribution in [3.8, 4) is 11.1 Å². The Balaban J connectivity index is 1.70. The quantitative estimate of drug-likeness (QED) is 0.847. The Bertz CT molecular complexity index is 787. The number of carbonyl (C=O) groups excluding carboxylic acids is 1. The molecule has 1 aliphatic rings. The van der Waals surface area contributed by atoms with Crippen LogP contribution in [0.25, 0.3) is 11.1 Å². The first-order chi connectivity index (χ1) is 12.9. The lowest BCUT2D eigenvalue weighted by molar-refractivity contribution is -0.137. The molecule has 1 N–H and O–H groups in total. The van der Waals surface area contributed by atoms with Crippen LogP contribution in [0.15, 0.2) is 48.5 Å². The van der Waals surface area contributed by atoms with Gasteiger partial charge in [0.25, 0.3) is 5.91 Å². The van der Waals surface area contributed by atoms with E-state index >= 15 is 0 Å². The number of likely N-dealkylation sites (N-methyl/N-ethyl adjacent to an activating group) is 1. The third kappa shape index (κ3) is 4.69. The standard InChI is InChI=1S/C21H23F3N2O/c1-26-13-5-4-6-17(26)14-25-20(27)16-11-9-15(10-12-16)18-7-2-3-8-19(18)21(22,23)24/h2-3,7-12,17H,4-6,13-14H2,1H3,(H,25,27). The lowest BCUT2D eigenvalue weighted by Gasteiger charge is -2.32. The van der Waals surface area contributed by atoms with Gasteiger partial charge in [0, 0.05) is 18.2 Å². The summed E-state index contributed by atoms with van der Waals surface area (Å²) in [6, 6.07) is 12.1. The molecule has 0 radical (unpaired) electrons. The molecule has 1 amide bonds. The first-order valence-corrected chi connectivity index (χ1v) is 9.11. The summed E-state index contributed by atoms with van der Waals surface area (Å²) in [6.07, 6.45) is -1.01. The second kappa shape index (κ2) is 8.13. The monoisotopic (exact) mass is 376 g/mol. The van der Waals surface area contributed by atoms with Crippen LogP contribution in [0.2, 0.25) is 0 Å². The average molecular weight is 376 g/mol. The van der Waals surface area contributed by atoms with Gasteiger partial charge < -0.3 is 10.2 Å². The normalized spacial score (nSPS) is 18.3. The van der Waals surface area contributed by atoms with Crippen molar-refractivity contribution in [3.05, 3.63) is 59.7 Å². The molecule has 27 heavy (non-hydrogen) atoms. The van der Waals surface area contributed by atoms with Crippen LogP contribution < -0.4 is 5.32 Å². The highest BCUT2D eigenvalue weighted by molar-refractivity contribution is 5.94. The van der Waals surface area contributed by atoms with Crippen molar-refractivity contribution in [1.82, 2.24) is 10.2 Å². The first kappa shape index (κ1) is 19.4. The fourth-order valence-corrected chi connectivity index (χ4v) is 3.50. The summed E-state index contributed by atoms with van der Waals surface area (Å²) in [5.41, 5.74) is 0.316. The number of amides is 1. The first-order valence-electron chi connectivity index (χ1n) is 9.11. The van der Waals surface area contributed by atoms with E-state index in [0.29, 0.717) is 23.7 Å². The third-order valence-corrected chi connectivity index (χ3v) is 5.11. The Hall–Kier alpha value is -2.34. The van der Waals surface area contributed by atoms with Crippen molar-refractivity contribution in [2.75, 3.05) is 20.1 Å². The van der Waals surface area contributed by atoms with E-state index in [2.05, 4.69) is 17.3 Å². The molecule has 0 aliphatic carbocycles. The summed E-state index contributed by atoms with van der Waals surface area (Å²) in [5.74, 6) is -0.204. The summed E-state index contributed by atoms with van der Waals surface area (Å²) >= 11 is 0. The predicted molar refractivity (Wildman–Crippen MR) is 99.5 cm³/mol. The molecule has 3 nitrogen and oxygen atoms in total. The highest BCUT2D eigenvalue weighted by atomic mass is 19.4. The zero-order chi connectivity index (χ0) is 19.4. The molecule has 1 fully saturated rings. The fourth-order valence-electron chi connectivity index (χ4n) is 3.50. The van der Waals surface area contributed by atoms with Crippen LogP contribution in [0, 0.1) is 0 Å². The van der Waals surface area contributed by atoms with Crippen LogP contribution in [0.5, 0.6) is 0 Å². The molecule has 0 bridgehead atoms. The molecule has 1 atom stereocenters. The van der Waals surface area contributed by atoms with E-state index in [-0.39, 0.29) is 11.5 Å². The predicted octanol–water partition coefficient (Wildman–Crippen LogP) is 4.59. The van der Waals surface area contributed by atoms with Crippen LogP contribution in [0.1, 0.15) is 35.2 Å². The van der Waals surface area contributed by atoms with Crippen molar-refractivity contribution in [3.63, 3.8) is 0 Å². The lowest BCUT2D eigenvalue weighted by Crippen LogP contribution is -2.44. The van der Waals surface area contributed by atoms with E-state index in [9.17, 15) is 18.0 Å². The summed E-state index contributed by atoms with van der Waals surface area (Å²) in [4.78, 5) is 14.6. The number of halogens is 3. The SMILES string of the molecule is CN1CCCCC1CNC(=O)c1ccc(-c2ccccc2C(F)(F)F)cc1. The highest BCUT2D eigenvalue weighted by Gasteiger charge is 2.33. The molecular formula is C21H23F3N2O. The fraction of sp³-hybridized carbons (Fsp3) is 0.381. The van der Waals surface area contributed by atoms with Gasteiger partial charge in [-0.3, -0.25) is 4.79 Å². The van der Waals surface area contributed by atoms with E-state index in [0.717, 1.165) is 25.5 Å². The van der Waals surface area contributed by atoms with Crippen molar-refractivity contribution in [2.24, 2.45) is 0 Å². The van der Waals surface area contributed by atoms with Crippen molar-refractivity contribution >= 4 is 5.91 Å².